The molecule has 0 fully saturated rings. The molecule has 1 aromatic rings. The maximum Gasteiger partial charge on any atom is 0.141 e. The molecule has 0 saturated carbocycles. The van der Waals surface area contributed by atoms with E-state index < -0.39 is 5.82 Å². The number of nitrogens with one attached hydrogen (secondary N) is 1. The Morgan fingerprint density at radius 1 is 1.48 bits per heavy atom. The summed E-state index contributed by atoms with van der Waals surface area (Å²) in [6.45, 7) is 6.26. The maximum atomic E-state index is 13.2. The van der Waals surface area contributed by atoms with Gasteiger partial charge in [-0.05, 0) is 31.2 Å². The number of hydrogen-bond acceptors (Lipinski definition) is 3. The van der Waals surface area contributed by atoms with Gasteiger partial charge in [0.15, 0.2) is 0 Å². The van der Waals surface area contributed by atoms with E-state index in [4.69, 9.17) is 11.6 Å². The van der Waals surface area contributed by atoms with E-state index in [1.807, 2.05) is 31.0 Å². The first-order chi connectivity index (χ1) is 10.1. The standard InChI is InChI=1S/C16H17ClFN3/c1-4-6-12-15(5-2)21(3)10-19-16(12)20-11-7-8-14(18)13(17)9-11/h4-9H,1,10H2,2-3H3,(H,19,20)/b12-6+,15-5+. The first-order valence-electron chi connectivity index (χ1n) is 6.54. The molecule has 0 bridgehead atoms. The average molecular weight is 306 g/mol. The minimum atomic E-state index is -0.441. The van der Waals surface area contributed by atoms with Crippen LogP contribution in [0.3, 0.4) is 0 Å². The highest BCUT2D eigenvalue weighted by atomic mass is 35.5. The van der Waals surface area contributed by atoms with Gasteiger partial charge < -0.3 is 10.2 Å². The van der Waals surface area contributed by atoms with Gasteiger partial charge in [-0.2, -0.15) is 0 Å². The molecule has 110 valence electrons. The van der Waals surface area contributed by atoms with Crippen LogP contribution < -0.4 is 5.32 Å². The largest absolute Gasteiger partial charge is 0.355 e. The number of likely N-dealkylation sites (N-methyl/N-ethyl adjacent to an activating group) is 1. The van der Waals surface area contributed by atoms with Crippen LogP contribution in [0, 0.1) is 5.82 Å². The molecule has 1 N–H and O–H groups in total. The molecule has 1 aliphatic heterocycles. The minimum Gasteiger partial charge on any atom is -0.355 e. The Morgan fingerprint density at radius 2 is 2.24 bits per heavy atom. The van der Waals surface area contributed by atoms with E-state index in [1.54, 1.807) is 18.2 Å². The molecular weight excluding hydrogens is 289 g/mol. The third kappa shape index (κ3) is 3.34. The molecular formula is C16H17ClFN3. The van der Waals surface area contributed by atoms with Gasteiger partial charge in [-0.1, -0.05) is 30.3 Å². The number of aliphatic imine (C=N–C) groups is 1. The molecule has 0 amide bonds. The quantitative estimate of drug-likeness (QED) is 0.886. The fourth-order valence-corrected chi connectivity index (χ4v) is 2.32. The minimum absolute atomic E-state index is 0.0778. The van der Waals surface area contributed by atoms with Gasteiger partial charge in [0.1, 0.15) is 18.3 Å². The number of halogens is 2. The summed E-state index contributed by atoms with van der Waals surface area (Å²) in [4.78, 5) is 6.53. The Bertz CT molecular complexity index is 647. The van der Waals surface area contributed by atoms with Gasteiger partial charge in [0, 0.05) is 24.0 Å². The highest BCUT2D eigenvalue weighted by molar-refractivity contribution is 6.31. The number of anilines is 1. The van der Waals surface area contributed by atoms with Crippen molar-refractivity contribution in [1.29, 1.82) is 0 Å². The Labute approximate surface area is 129 Å². The number of amidine groups is 1. The zero-order valence-corrected chi connectivity index (χ0v) is 12.8. The molecule has 1 aliphatic rings. The first kappa shape index (κ1) is 15.3. The zero-order chi connectivity index (χ0) is 15.4. The van der Waals surface area contributed by atoms with Crippen molar-refractivity contribution in [3.63, 3.8) is 0 Å². The van der Waals surface area contributed by atoms with Gasteiger partial charge in [-0.3, -0.25) is 0 Å². The average Bonchev–Trinajstić information content (AvgIpc) is 2.46. The molecule has 0 spiro atoms. The van der Waals surface area contributed by atoms with E-state index in [0.29, 0.717) is 18.2 Å². The molecule has 5 heteroatoms. The van der Waals surface area contributed by atoms with Crippen LogP contribution in [0.1, 0.15) is 6.92 Å². The van der Waals surface area contributed by atoms with E-state index in [0.717, 1.165) is 11.3 Å². The number of hydrogen-bond donors (Lipinski definition) is 1. The zero-order valence-electron chi connectivity index (χ0n) is 12.0. The topological polar surface area (TPSA) is 27.6 Å². The van der Waals surface area contributed by atoms with Crippen LogP contribution in [0.25, 0.3) is 0 Å². The number of rotatable bonds is 2. The summed E-state index contributed by atoms with van der Waals surface area (Å²) in [5.74, 6) is 0.271. The molecule has 0 saturated heterocycles. The van der Waals surface area contributed by atoms with Crippen molar-refractivity contribution in [2.24, 2.45) is 4.99 Å². The fourth-order valence-electron chi connectivity index (χ4n) is 2.14. The van der Waals surface area contributed by atoms with Gasteiger partial charge in [0.25, 0.3) is 0 Å². The molecule has 0 atom stereocenters. The number of nitrogens with zero attached hydrogens (tertiary/aromatic N) is 2. The lowest BCUT2D eigenvalue weighted by molar-refractivity contribution is 0.434. The smallest absolute Gasteiger partial charge is 0.141 e. The fraction of sp³-hybridized carbons (Fsp3) is 0.188. The highest BCUT2D eigenvalue weighted by Crippen LogP contribution is 2.24. The Morgan fingerprint density at radius 3 is 2.86 bits per heavy atom. The molecule has 3 nitrogen and oxygen atoms in total. The lowest BCUT2D eigenvalue weighted by Gasteiger charge is -2.29. The van der Waals surface area contributed by atoms with Crippen molar-refractivity contribution in [3.05, 3.63) is 65.1 Å². The van der Waals surface area contributed by atoms with Gasteiger partial charge >= 0.3 is 0 Å². The predicted molar refractivity (Wildman–Crippen MR) is 87.1 cm³/mol. The van der Waals surface area contributed by atoms with Crippen molar-refractivity contribution in [3.8, 4) is 0 Å². The Kier molecular flexibility index (Phi) is 4.81. The summed E-state index contributed by atoms with van der Waals surface area (Å²) in [5.41, 5.74) is 2.68. The lowest BCUT2D eigenvalue weighted by Crippen LogP contribution is -2.31. The van der Waals surface area contributed by atoms with Crippen LogP contribution in [-0.4, -0.2) is 24.5 Å². The monoisotopic (exact) mass is 305 g/mol. The molecule has 1 heterocycles. The summed E-state index contributed by atoms with van der Waals surface area (Å²) < 4.78 is 13.2. The summed E-state index contributed by atoms with van der Waals surface area (Å²) in [6, 6.07) is 4.50. The maximum absolute atomic E-state index is 13.2. The van der Waals surface area contributed by atoms with Crippen molar-refractivity contribution in [2.75, 3.05) is 19.0 Å². The first-order valence-corrected chi connectivity index (χ1v) is 6.92. The van der Waals surface area contributed by atoms with E-state index >= 15 is 0 Å². The Balaban J connectivity index is 2.35. The van der Waals surface area contributed by atoms with Crippen LogP contribution >= 0.6 is 11.6 Å². The molecule has 0 aromatic heterocycles. The predicted octanol–water partition coefficient (Wildman–Crippen LogP) is 4.21. The van der Waals surface area contributed by atoms with Crippen molar-refractivity contribution >= 4 is 23.1 Å². The van der Waals surface area contributed by atoms with Gasteiger partial charge in [0.05, 0.1) is 5.02 Å². The van der Waals surface area contributed by atoms with Crippen molar-refractivity contribution in [2.45, 2.75) is 6.92 Å². The SMILES string of the molecule is C=C/C=C1/C(Nc2ccc(F)c(Cl)c2)=NCN(C)/C1=C/C. The second-order valence-electron chi connectivity index (χ2n) is 4.59. The normalized spacial score (nSPS) is 18.9. The molecule has 1 aromatic carbocycles. The van der Waals surface area contributed by atoms with Crippen LogP contribution in [0.2, 0.25) is 5.02 Å². The third-order valence-corrected chi connectivity index (χ3v) is 3.41. The lowest BCUT2D eigenvalue weighted by atomic mass is 10.1. The van der Waals surface area contributed by atoms with Gasteiger partial charge in [-0.25, -0.2) is 9.38 Å². The number of benzene rings is 1. The summed E-state index contributed by atoms with van der Waals surface area (Å²) in [5, 5.41) is 3.26. The molecule has 0 unspecified atom stereocenters. The van der Waals surface area contributed by atoms with E-state index in [1.165, 1.54) is 6.07 Å². The number of allylic oxidation sites excluding steroid dienone is 3. The summed E-state index contributed by atoms with van der Waals surface area (Å²) in [7, 11) is 1.97. The highest BCUT2D eigenvalue weighted by Gasteiger charge is 2.20. The van der Waals surface area contributed by atoms with Gasteiger partial charge in [-0.15, -0.1) is 0 Å². The molecule has 0 radical (unpaired) electrons. The van der Waals surface area contributed by atoms with Crippen LogP contribution in [0.4, 0.5) is 10.1 Å². The van der Waals surface area contributed by atoms with E-state index in [-0.39, 0.29) is 5.02 Å². The van der Waals surface area contributed by atoms with Crippen LogP contribution in [0.15, 0.2) is 59.3 Å². The van der Waals surface area contributed by atoms with E-state index in [9.17, 15) is 4.39 Å². The van der Waals surface area contributed by atoms with Crippen LogP contribution in [-0.2, 0) is 0 Å². The van der Waals surface area contributed by atoms with Gasteiger partial charge in [0.2, 0.25) is 0 Å². The third-order valence-electron chi connectivity index (χ3n) is 3.12. The molecule has 2 rings (SSSR count). The molecule has 0 aliphatic carbocycles. The van der Waals surface area contributed by atoms with Crippen molar-refractivity contribution in [1.82, 2.24) is 4.90 Å². The van der Waals surface area contributed by atoms with Crippen LogP contribution in [0.5, 0.6) is 0 Å². The summed E-state index contributed by atoms with van der Waals surface area (Å²) >= 11 is 5.80. The van der Waals surface area contributed by atoms with Crippen molar-refractivity contribution < 1.29 is 4.39 Å². The second kappa shape index (κ2) is 6.59. The molecule has 21 heavy (non-hydrogen) atoms. The Hall–Kier alpha value is -2.07. The second-order valence-corrected chi connectivity index (χ2v) is 5.00. The summed E-state index contributed by atoms with van der Waals surface area (Å²) in [6.07, 6.45) is 5.62. The van der Waals surface area contributed by atoms with E-state index in [2.05, 4.69) is 16.9 Å².